The van der Waals surface area contributed by atoms with Crippen LogP contribution in [0.4, 0.5) is 5.69 Å². The van der Waals surface area contributed by atoms with E-state index in [9.17, 15) is 4.79 Å². The third-order valence-electron chi connectivity index (χ3n) is 8.04. The summed E-state index contributed by atoms with van der Waals surface area (Å²) >= 11 is 1.46. The Morgan fingerprint density at radius 2 is 1.69 bits per heavy atom. The first-order chi connectivity index (χ1) is 20.6. The average Bonchev–Trinajstić information content (AvgIpc) is 3.31. The van der Waals surface area contributed by atoms with Crippen LogP contribution in [0.3, 0.4) is 0 Å². The molecule has 1 saturated heterocycles. The lowest BCUT2D eigenvalue weighted by Gasteiger charge is -2.35. The van der Waals surface area contributed by atoms with E-state index in [1.807, 2.05) is 78.6 Å². The Balaban J connectivity index is 1.28. The van der Waals surface area contributed by atoms with Crippen LogP contribution in [0.25, 0.3) is 16.8 Å². The Morgan fingerprint density at radius 3 is 2.52 bits per heavy atom. The fourth-order valence-corrected chi connectivity index (χ4v) is 6.92. The lowest BCUT2D eigenvalue weighted by molar-refractivity contribution is -0.124. The molecule has 1 saturated carbocycles. The smallest absolute Gasteiger partial charge is 0.267 e. The van der Waals surface area contributed by atoms with Crippen molar-refractivity contribution in [1.29, 1.82) is 0 Å². The number of aliphatic imine (C=N–C) groups is 1. The van der Waals surface area contributed by atoms with Gasteiger partial charge in [0.2, 0.25) is 0 Å². The van der Waals surface area contributed by atoms with Crippen molar-refractivity contribution in [1.82, 2.24) is 4.90 Å². The number of para-hydroxylation sites is 1. The predicted octanol–water partition coefficient (Wildman–Crippen LogP) is 9.00. The highest BCUT2D eigenvalue weighted by atomic mass is 32.2. The van der Waals surface area contributed by atoms with Gasteiger partial charge in [-0.15, -0.1) is 0 Å². The summed E-state index contributed by atoms with van der Waals surface area (Å²) in [6, 6.07) is 30.5. The summed E-state index contributed by atoms with van der Waals surface area (Å²) < 4.78 is 12.3. The van der Waals surface area contributed by atoms with Crippen molar-refractivity contribution >= 4 is 45.4 Å². The van der Waals surface area contributed by atoms with Gasteiger partial charge >= 0.3 is 0 Å². The van der Waals surface area contributed by atoms with Gasteiger partial charge in [0.1, 0.15) is 6.61 Å². The molecule has 4 aromatic rings. The van der Waals surface area contributed by atoms with Crippen molar-refractivity contribution < 1.29 is 14.3 Å². The summed E-state index contributed by atoms with van der Waals surface area (Å²) in [7, 11) is 0. The number of nitrogens with zero attached hydrogens (tertiary/aromatic N) is 2. The molecular formula is C36H36N2O3S. The first-order valence-corrected chi connectivity index (χ1v) is 15.7. The maximum atomic E-state index is 13.9. The zero-order valence-electron chi connectivity index (χ0n) is 24.2. The molecule has 0 spiro atoms. The normalized spacial score (nSPS) is 20.9. The number of hydrogen-bond donors (Lipinski definition) is 0. The molecule has 0 unspecified atom stereocenters. The molecule has 1 heterocycles. The van der Waals surface area contributed by atoms with Gasteiger partial charge in [-0.3, -0.25) is 9.69 Å². The number of thioether (sulfide) groups is 1. The van der Waals surface area contributed by atoms with E-state index in [0.29, 0.717) is 35.5 Å². The number of rotatable bonds is 8. The van der Waals surface area contributed by atoms with E-state index in [1.54, 1.807) is 0 Å². The van der Waals surface area contributed by atoms with Crippen molar-refractivity contribution in [3.63, 3.8) is 0 Å². The molecule has 0 aromatic heterocycles. The van der Waals surface area contributed by atoms with Crippen LogP contribution in [0, 0.1) is 5.92 Å². The molecule has 214 valence electrons. The fraction of sp³-hybridized carbons (Fsp3) is 0.278. The highest BCUT2D eigenvalue weighted by Gasteiger charge is 2.41. The van der Waals surface area contributed by atoms with Crippen LogP contribution >= 0.6 is 11.8 Å². The number of hydrogen-bond acceptors (Lipinski definition) is 5. The summed E-state index contributed by atoms with van der Waals surface area (Å²) in [4.78, 5) is 21.5. The Labute approximate surface area is 252 Å². The van der Waals surface area contributed by atoms with Gasteiger partial charge in [0.05, 0.1) is 17.2 Å². The first-order valence-electron chi connectivity index (χ1n) is 14.8. The third-order valence-corrected chi connectivity index (χ3v) is 9.03. The van der Waals surface area contributed by atoms with Gasteiger partial charge in [0.25, 0.3) is 5.91 Å². The topological polar surface area (TPSA) is 51.1 Å². The first kappa shape index (κ1) is 28.1. The molecule has 2 atom stereocenters. The molecule has 1 aliphatic carbocycles. The second kappa shape index (κ2) is 12.9. The highest BCUT2D eigenvalue weighted by molar-refractivity contribution is 8.18. The molecule has 1 amide bonds. The van der Waals surface area contributed by atoms with Crippen LogP contribution in [-0.2, 0) is 11.4 Å². The predicted molar refractivity (Wildman–Crippen MR) is 173 cm³/mol. The molecule has 2 fully saturated rings. The standard InChI is InChI=1S/C36H36N2O3S/c1-3-40-33-22-26(20-21-32(33)41-24-28-15-11-14-27-13-8-9-18-30(27)28)23-34-35(39)38(31-19-10-7-12-25(31)2)36(42-34)37-29-16-5-4-6-17-29/h4-6,8-9,11,13-18,20-23,25,31H,3,7,10,12,19,24H2,1-2H3/b34-23-,37-36?/t25-,31+/m0/s1. The number of ether oxygens (including phenoxy) is 2. The van der Waals surface area contributed by atoms with E-state index in [-0.39, 0.29) is 11.9 Å². The molecule has 0 N–H and O–H groups in total. The molecule has 0 radical (unpaired) electrons. The molecule has 6 heteroatoms. The summed E-state index contributed by atoms with van der Waals surface area (Å²) in [5.74, 6) is 1.81. The Bertz CT molecular complexity index is 1630. The molecule has 42 heavy (non-hydrogen) atoms. The number of amides is 1. The van der Waals surface area contributed by atoms with Crippen LogP contribution in [0.1, 0.15) is 50.7 Å². The van der Waals surface area contributed by atoms with Gasteiger partial charge in [-0.05, 0) is 89.7 Å². The summed E-state index contributed by atoms with van der Waals surface area (Å²) in [5.41, 5.74) is 2.87. The molecule has 0 bridgehead atoms. The molecular weight excluding hydrogens is 540 g/mol. The Kier molecular flexibility index (Phi) is 8.61. The van der Waals surface area contributed by atoms with E-state index in [0.717, 1.165) is 41.2 Å². The quantitative estimate of drug-likeness (QED) is 0.196. The van der Waals surface area contributed by atoms with Gasteiger partial charge in [0.15, 0.2) is 16.7 Å². The maximum Gasteiger partial charge on any atom is 0.267 e. The second-order valence-electron chi connectivity index (χ2n) is 10.9. The lowest BCUT2D eigenvalue weighted by Crippen LogP contribution is -2.44. The van der Waals surface area contributed by atoms with Crippen molar-refractivity contribution in [2.24, 2.45) is 10.9 Å². The summed E-state index contributed by atoms with van der Waals surface area (Å²) in [5, 5.41) is 3.13. The summed E-state index contributed by atoms with van der Waals surface area (Å²) in [6.45, 7) is 5.17. The van der Waals surface area contributed by atoms with Crippen molar-refractivity contribution in [3.8, 4) is 11.5 Å². The largest absolute Gasteiger partial charge is 0.490 e. The van der Waals surface area contributed by atoms with Gasteiger partial charge in [-0.1, -0.05) is 86.5 Å². The van der Waals surface area contributed by atoms with Crippen LogP contribution in [0.5, 0.6) is 11.5 Å². The number of benzene rings is 4. The molecule has 2 aliphatic rings. The van der Waals surface area contributed by atoms with E-state index < -0.39 is 0 Å². The van der Waals surface area contributed by atoms with E-state index >= 15 is 0 Å². The summed E-state index contributed by atoms with van der Waals surface area (Å²) in [6.07, 6.45) is 6.45. The van der Waals surface area contributed by atoms with Gasteiger partial charge < -0.3 is 9.47 Å². The van der Waals surface area contributed by atoms with Crippen LogP contribution in [0.15, 0.2) is 101 Å². The number of fused-ring (bicyclic) bond motifs is 1. The minimum absolute atomic E-state index is 0.0303. The van der Waals surface area contributed by atoms with E-state index in [4.69, 9.17) is 14.5 Å². The van der Waals surface area contributed by atoms with E-state index in [1.165, 1.54) is 29.0 Å². The fourth-order valence-electron chi connectivity index (χ4n) is 5.88. The maximum absolute atomic E-state index is 13.9. The Morgan fingerprint density at radius 1 is 0.905 bits per heavy atom. The minimum Gasteiger partial charge on any atom is -0.490 e. The molecule has 4 aromatic carbocycles. The van der Waals surface area contributed by atoms with Gasteiger partial charge in [-0.2, -0.15) is 0 Å². The zero-order valence-corrected chi connectivity index (χ0v) is 25.0. The van der Waals surface area contributed by atoms with Crippen molar-refractivity contribution in [2.75, 3.05) is 6.61 Å². The average molecular weight is 577 g/mol. The lowest BCUT2D eigenvalue weighted by atomic mass is 9.85. The molecule has 6 rings (SSSR count). The minimum atomic E-state index is 0.0303. The molecule has 1 aliphatic heterocycles. The van der Waals surface area contributed by atoms with Gasteiger partial charge in [-0.25, -0.2) is 4.99 Å². The highest BCUT2D eigenvalue weighted by Crippen LogP contribution is 2.41. The van der Waals surface area contributed by atoms with E-state index in [2.05, 4.69) is 37.3 Å². The van der Waals surface area contributed by atoms with Gasteiger partial charge in [0, 0.05) is 6.04 Å². The number of carbonyl (C=O) groups is 1. The zero-order chi connectivity index (χ0) is 28.9. The molecule has 5 nitrogen and oxygen atoms in total. The van der Waals surface area contributed by atoms with Crippen LogP contribution in [0.2, 0.25) is 0 Å². The number of carbonyl (C=O) groups excluding carboxylic acids is 1. The number of amidine groups is 1. The SMILES string of the molecule is CCOc1cc(/C=C2\SC(=Nc3ccccc3)N([C@@H]3CCCC[C@@H]3C)C2=O)ccc1OCc1cccc2ccccc12. The van der Waals surface area contributed by atoms with Crippen LogP contribution < -0.4 is 9.47 Å². The van der Waals surface area contributed by atoms with Crippen molar-refractivity contribution in [2.45, 2.75) is 52.2 Å². The third kappa shape index (κ3) is 6.09. The van der Waals surface area contributed by atoms with Crippen LogP contribution in [-0.4, -0.2) is 28.6 Å². The monoisotopic (exact) mass is 576 g/mol. The Hall–Kier alpha value is -4.03. The second-order valence-corrected chi connectivity index (χ2v) is 11.9. The van der Waals surface area contributed by atoms with Crippen molar-refractivity contribution in [3.05, 3.63) is 107 Å².